The molecule has 0 spiro atoms. The van der Waals surface area contributed by atoms with Crippen LogP contribution in [0.1, 0.15) is 31.2 Å². The average Bonchev–Trinajstić information content (AvgIpc) is 3.17. The number of nitrogens with one attached hydrogen (secondary N) is 1. The molecular formula is C16H20N4OS. The highest BCUT2D eigenvalue weighted by molar-refractivity contribution is 7.99. The molecule has 116 valence electrons. The second-order valence-corrected chi connectivity index (χ2v) is 6.60. The smallest absolute Gasteiger partial charge is 0.230 e. The zero-order valence-corrected chi connectivity index (χ0v) is 13.5. The van der Waals surface area contributed by atoms with Gasteiger partial charge in [0, 0.05) is 11.7 Å². The van der Waals surface area contributed by atoms with E-state index in [1.54, 1.807) is 6.33 Å². The minimum Gasteiger partial charge on any atom is -0.353 e. The van der Waals surface area contributed by atoms with E-state index in [0.29, 0.717) is 11.8 Å². The van der Waals surface area contributed by atoms with Crippen LogP contribution in [0.3, 0.4) is 0 Å². The summed E-state index contributed by atoms with van der Waals surface area (Å²) in [5.74, 6) is 0.455. The summed E-state index contributed by atoms with van der Waals surface area (Å²) < 4.78 is 1.91. The van der Waals surface area contributed by atoms with Crippen molar-refractivity contribution in [3.8, 4) is 5.69 Å². The molecule has 1 aromatic heterocycles. The third kappa shape index (κ3) is 3.68. The van der Waals surface area contributed by atoms with Gasteiger partial charge in [-0.3, -0.25) is 9.36 Å². The fourth-order valence-corrected chi connectivity index (χ4v) is 3.41. The standard InChI is InChI=1S/C16H20N4OS/c1-12-6-8-14(9-7-12)20-11-17-19-16(20)22-10-15(21)18-13-4-2-3-5-13/h6-9,11,13H,2-5,10H2,1H3,(H,18,21). The maximum atomic E-state index is 12.0. The molecular weight excluding hydrogens is 296 g/mol. The Morgan fingerprint density at radius 1 is 1.32 bits per heavy atom. The number of carbonyl (C=O) groups excluding carboxylic acids is 1. The minimum atomic E-state index is 0.0790. The van der Waals surface area contributed by atoms with E-state index in [9.17, 15) is 4.79 Å². The predicted molar refractivity (Wildman–Crippen MR) is 87.2 cm³/mol. The molecule has 1 saturated carbocycles. The zero-order valence-electron chi connectivity index (χ0n) is 12.7. The van der Waals surface area contributed by atoms with Crippen molar-refractivity contribution in [2.75, 3.05) is 5.75 Å². The van der Waals surface area contributed by atoms with Crippen LogP contribution in [0, 0.1) is 6.92 Å². The summed E-state index contributed by atoms with van der Waals surface area (Å²) in [7, 11) is 0. The molecule has 22 heavy (non-hydrogen) atoms. The van der Waals surface area contributed by atoms with Crippen LogP contribution in [0.2, 0.25) is 0 Å². The van der Waals surface area contributed by atoms with Crippen LogP contribution in [-0.4, -0.2) is 32.5 Å². The summed E-state index contributed by atoms with van der Waals surface area (Å²) in [5.41, 5.74) is 2.22. The number of amides is 1. The predicted octanol–water partition coefficient (Wildman–Crippen LogP) is 2.73. The van der Waals surface area contributed by atoms with E-state index >= 15 is 0 Å². The fraction of sp³-hybridized carbons (Fsp3) is 0.438. The van der Waals surface area contributed by atoms with E-state index < -0.39 is 0 Å². The summed E-state index contributed by atoms with van der Waals surface area (Å²) in [6.07, 6.45) is 6.34. The second kappa shape index (κ2) is 6.96. The molecule has 1 aromatic carbocycles. The first-order valence-electron chi connectivity index (χ1n) is 7.61. The van der Waals surface area contributed by atoms with E-state index in [0.717, 1.165) is 23.7 Å². The molecule has 3 rings (SSSR count). The van der Waals surface area contributed by atoms with Crippen molar-refractivity contribution in [3.63, 3.8) is 0 Å². The highest BCUT2D eigenvalue weighted by Gasteiger charge is 2.17. The van der Waals surface area contributed by atoms with Gasteiger partial charge < -0.3 is 5.32 Å². The molecule has 0 bridgehead atoms. The minimum absolute atomic E-state index is 0.0790. The molecule has 5 nitrogen and oxygen atoms in total. The lowest BCUT2D eigenvalue weighted by molar-refractivity contribution is -0.119. The van der Waals surface area contributed by atoms with Gasteiger partial charge in [-0.25, -0.2) is 0 Å². The number of aryl methyl sites for hydroxylation is 1. The average molecular weight is 316 g/mol. The summed E-state index contributed by atoms with van der Waals surface area (Å²) in [6.45, 7) is 2.05. The van der Waals surface area contributed by atoms with Gasteiger partial charge in [0.05, 0.1) is 5.75 Å². The first kappa shape index (κ1) is 15.1. The van der Waals surface area contributed by atoms with Crippen molar-refractivity contribution in [1.82, 2.24) is 20.1 Å². The van der Waals surface area contributed by atoms with Crippen LogP contribution < -0.4 is 5.32 Å². The van der Waals surface area contributed by atoms with Gasteiger partial charge in [0.1, 0.15) is 6.33 Å². The highest BCUT2D eigenvalue weighted by atomic mass is 32.2. The first-order chi connectivity index (χ1) is 10.7. The van der Waals surface area contributed by atoms with Gasteiger partial charge in [0.2, 0.25) is 5.91 Å². The zero-order chi connectivity index (χ0) is 15.4. The Morgan fingerprint density at radius 3 is 2.77 bits per heavy atom. The van der Waals surface area contributed by atoms with Gasteiger partial charge in [0.25, 0.3) is 0 Å². The summed E-state index contributed by atoms with van der Waals surface area (Å²) in [6, 6.07) is 8.53. The number of rotatable bonds is 5. The molecule has 1 heterocycles. The van der Waals surface area contributed by atoms with E-state index in [-0.39, 0.29) is 5.91 Å². The molecule has 0 radical (unpaired) electrons. The van der Waals surface area contributed by atoms with Gasteiger partial charge in [-0.15, -0.1) is 10.2 Å². The molecule has 0 saturated heterocycles. The molecule has 1 aliphatic rings. The van der Waals surface area contributed by atoms with Crippen molar-refractivity contribution < 1.29 is 4.79 Å². The normalized spacial score (nSPS) is 15.1. The van der Waals surface area contributed by atoms with Crippen molar-refractivity contribution in [2.45, 2.75) is 43.8 Å². The van der Waals surface area contributed by atoms with Crippen LogP contribution in [0.4, 0.5) is 0 Å². The third-order valence-corrected chi connectivity index (χ3v) is 4.82. The van der Waals surface area contributed by atoms with Crippen LogP contribution in [-0.2, 0) is 4.79 Å². The summed E-state index contributed by atoms with van der Waals surface area (Å²) in [5, 5.41) is 11.9. The van der Waals surface area contributed by atoms with Crippen LogP contribution in [0.15, 0.2) is 35.7 Å². The number of carbonyl (C=O) groups is 1. The maximum absolute atomic E-state index is 12.0. The quantitative estimate of drug-likeness (QED) is 0.862. The van der Waals surface area contributed by atoms with Crippen LogP contribution >= 0.6 is 11.8 Å². The van der Waals surface area contributed by atoms with E-state index in [1.165, 1.54) is 30.2 Å². The second-order valence-electron chi connectivity index (χ2n) is 5.66. The SMILES string of the molecule is Cc1ccc(-n2cnnc2SCC(=O)NC2CCCC2)cc1. The van der Waals surface area contributed by atoms with E-state index in [1.807, 2.05) is 16.7 Å². The number of benzene rings is 1. The number of nitrogens with zero attached hydrogens (tertiary/aromatic N) is 3. The van der Waals surface area contributed by atoms with Crippen LogP contribution in [0.25, 0.3) is 5.69 Å². The summed E-state index contributed by atoms with van der Waals surface area (Å²) >= 11 is 1.42. The molecule has 1 amide bonds. The Hall–Kier alpha value is -1.82. The third-order valence-electron chi connectivity index (χ3n) is 3.88. The van der Waals surface area contributed by atoms with Gasteiger partial charge >= 0.3 is 0 Å². The Bertz CT molecular complexity index is 632. The number of hydrogen-bond acceptors (Lipinski definition) is 4. The lowest BCUT2D eigenvalue weighted by atomic mass is 10.2. The molecule has 0 unspecified atom stereocenters. The molecule has 6 heteroatoms. The van der Waals surface area contributed by atoms with Gasteiger partial charge in [-0.05, 0) is 31.9 Å². The molecule has 0 atom stereocenters. The lowest BCUT2D eigenvalue weighted by Gasteiger charge is -2.11. The number of aromatic nitrogens is 3. The number of thioether (sulfide) groups is 1. The van der Waals surface area contributed by atoms with Crippen molar-refractivity contribution in [3.05, 3.63) is 36.2 Å². The highest BCUT2D eigenvalue weighted by Crippen LogP contribution is 2.21. The maximum Gasteiger partial charge on any atom is 0.230 e. The fourth-order valence-electron chi connectivity index (χ4n) is 2.67. The number of hydrogen-bond donors (Lipinski definition) is 1. The Kier molecular flexibility index (Phi) is 4.77. The van der Waals surface area contributed by atoms with Crippen LogP contribution in [0.5, 0.6) is 0 Å². The Morgan fingerprint density at radius 2 is 2.05 bits per heavy atom. The topological polar surface area (TPSA) is 59.8 Å². The van der Waals surface area contributed by atoms with Gasteiger partial charge in [-0.2, -0.15) is 0 Å². The van der Waals surface area contributed by atoms with Crippen molar-refractivity contribution >= 4 is 17.7 Å². The summed E-state index contributed by atoms with van der Waals surface area (Å²) in [4.78, 5) is 12.0. The Balaban J connectivity index is 1.60. The monoisotopic (exact) mass is 316 g/mol. The molecule has 0 aliphatic heterocycles. The first-order valence-corrected chi connectivity index (χ1v) is 8.60. The van der Waals surface area contributed by atoms with Gasteiger partial charge in [0.15, 0.2) is 5.16 Å². The molecule has 1 N–H and O–H groups in total. The lowest BCUT2D eigenvalue weighted by Crippen LogP contribution is -2.33. The van der Waals surface area contributed by atoms with Crippen molar-refractivity contribution in [1.29, 1.82) is 0 Å². The van der Waals surface area contributed by atoms with Gasteiger partial charge in [-0.1, -0.05) is 42.3 Å². The van der Waals surface area contributed by atoms with Crippen molar-refractivity contribution in [2.24, 2.45) is 0 Å². The largest absolute Gasteiger partial charge is 0.353 e. The molecule has 1 fully saturated rings. The van der Waals surface area contributed by atoms with E-state index in [4.69, 9.17) is 0 Å². The Labute approximate surface area is 134 Å². The molecule has 2 aromatic rings. The van der Waals surface area contributed by atoms with E-state index in [2.05, 4.69) is 34.6 Å². The molecule has 1 aliphatic carbocycles.